The van der Waals surface area contributed by atoms with Gasteiger partial charge in [0.15, 0.2) is 5.17 Å². The Morgan fingerprint density at radius 1 is 1.06 bits per heavy atom. The Bertz CT molecular complexity index is 946. The number of nitrogens with zero attached hydrogens (tertiary/aromatic N) is 2. The van der Waals surface area contributed by atoms with Gasteiger partial charge >= 0.3 is 0 Å². The molecule has 0 aliphatic carbocycles. The van der Waals surface area contributed by atoms with Gasteiger partial charge in [0.05, 0.1) is 18.9 Å². The van der Waals surface area contributed by atoms with Crippen LogP contribution in [0, 0.1) is 0 Å². The van der Waals surface area contributed by atoms with Crippen molar-refractivity contribution < 1.29 is 19.1 Å². The number of nitrogens with one attached hydrogen (secondary N) is 1. The SMILES string of the molecule is CCOc1ccc(N=C2S[C@@H](CC(=O)Nc3cccc(OCC)c3)C(=O)N2CC)cc1. The first-order valence-corrected chi connectivity index (χ1v) is 11.2. The highest BCUT2D eigenvalue weighted by molar-refractivity contribution is 8.15. The largest absolute Gasteiger partial charge is 0.494 e. The lowest BCUT2D eigenvalue weighted by molar-refractivity contribution is -0.128. The lowest BCUT2D eigenvalue weighted by Crippen LogP contribution is -2.33. The fraction of sp³-hybridized carbons (Fsp3) is 0.348. The van der Waals surface area contributed by atoms with Crippen LogP contribution in [0.3, 0.4) is 0 Å². The van der Waals surface area contributed by atoms with Crippen molar-refractivity contribution in [3.05, 3.63) is 48.5 Å². The van der Waals surface area contributed by atoms with Crippen molar-refractivity contribution in [1.82, 2.24) is 4.90 Å². The molecule has 31 heavy (non-hydrogen) atoms. The first-order chi connectivity index (χ1) is 15.0. The van der Waals surface area contributed by atoms with E-state index in [2.05, 4.69) is 10.3 Å². The van der Waals surface area contributed by atoms with Gasteiger partial charge in [-0.05, 0) is 57.2 Å². The van der Waals surface area contributed by atoms with Crippen molar-refractivity contribution in [2.75, 3.05) is 25.1 Å². The number of amidine groups is 1. The molecule has 1 N–H and O–H groups in total. The maximum atomic E-state index is 12.8. The molecule has 1 heterocycles. The van der Waals surface area contributed by atoms with Crippen LogP contribution in [0.1, 0.15) is 27.2 Å². The molecule has 2 aromatic carbocycles. The third-order valence-electron chi connectivity index (χ3n) is 4.51. The number of hydrogen-bond acceptors (Lipinski definition) is 6. The van der Waals surface area contributed by atoms with E-state index in [0.29, 0.717) is 36.4 Å². The first kappa shape index (κ1) is 22.7. The van der Waals surface area contributed by atoms with Crippen LogP contribution in [0.5, 0.6) is 11.5 Å². The van der Waals surface area contributed by atoms with Gasteiger partial charge in [-0.25, -0.2) is 4.99 Å². The van der Waals surface area contributed by atoms with Crippen LogP contribution in [0.4, 0.5) is 11.4 Å². The molecule has 1 aliphatic heterocycles. The average Bonchev–Trinajstić information content (AvgIpc) is 3.04. The molecule has 0 aromatic heterocycles. The molecule has 1 aliphatic rings. The number of carbonyl (C=O) groups is 2. The van der Waals surface area contributed by atoms with Crippen LogP contribution in [0.25, 0.3) is 0 Å². The summed E-state index contributed by atoms with van der Waals surface area (Å²) in [6.07, 6.45) is 0.0706. The highest BCUT2D eigenvalue weighted by Crippen LogP contribution is 2.32. The average molecular weight is 442 g/mol. The smallest absolute Gasteiger partial charge is 0.242 e. The van der Waals surface area contributed by atoms with Gasteiger partial charge in [-0.15, -0.1) is 0 Å². The summed E-state index contributed by atoms with van der Waals surface area (Å²) < 4.78 is 10.9. The number of benzene rings is 2. The predicted octanol–water partition coefficient (Wildman–Crippen LogP) is 4.46. The zero-order valence-electron chi connectivity index (χ0n) is 18.0. The normalized spacial score (nSPS) is 17.1. The molecule has 0 bridgehead atoms. The summed E-state index contributed by atoms with van der Waals surface area (Å²) in [7, 11) is 0. The molecule has 1 saturated heterocycles. The van der Waals surface area contributed by atoms with Crippen LogP contribution < -0.4 is 14.8 Å². The molecular formula is C23H27N3O4S. The van der Waals surface area contributed by atoms with E-state index in [9.17, 15) is 9.59 Å². The van der Waals surface area contributed by atoms with Crippen molar-refractivity contribution in [2.45, 2.75) is 32.4 Å². The van der Waals surface area contributed by atoms with Crippen LogP contribution in [-0.2, 0) is 9.59 Å². The van der Waals surface area contributed by atoms with E-state index >= 15 is 0 Å². The number of carbonyl (C=O) groups excluding carboxylic acids is 2. The molecule has 1 atom stereocenters. The predicted molar refractivity (Wildman–Crippen MR) is 124 cm³/mol. The number of rotatable bonds is 9. The zero-order chi connectivity index (χ0) is 22.2. The molecule has 0 spiro atoms. The van der Waals surface area contributed by atoms with E-state index in [1.807, 2.05) is 57.2 Å². The third-order valence-corrected chi connectivity index (χ3v) is 5.68. The minimum Gasteiger partial charge on any atom is -0.494 e. The van der Waals surface area contributed by atoms with E-state index in [4.69, 9.17) is 9.47 Å². The number of thioether (sulfide) groups is 1. The number of anilines is 1. The molecule has 7 nitrogen and oxygen atoms in total. The second-order valence-electron chi connectivity index (χ2n) is 6.72. The number of hydrogen-bond donors (Lipinski definition) is 1. The van der Waals surface area contributed by atoms with E-state index in [0.717, 1.165) is 11.4 Å². The third kappa shape index (κ3) is 6.01. The van der Waals surface area contributed by atoms with Gasteiger partial charge in [0, 0.05) is 24.7 Å². The summed E-state index contributed by atoms with van der Waals surface area (Å²) in [6.45, 7) is 7.37. The summed E-state index contributed by atoms with van der Waals surface area (Å²) in [6, 6.07) is 14.6. The van der Waals surface area contributed by atoms with E-state index in [-0.39, 0.29) is 18.2 Å². The standard InChI is InChI=1S/C23H27N3O4S/c1-4-26-22(28)20(15-21(27)24-17-8-7-9-19(14-17)30-6-3)31-23(26)25-16-10-12-18(13-11-16)29-5-2/h7-14,20H,4-6,15H2,1-3H3,(H,24,27)/t20-/m0/s1. The van der Waals surface area contributed by atoms with Crippen LogP contribution in [0.2, 0.25) is 0 Å². The van der Waals surface area contributed by atoms with Gasteiger partial charge in [0.1, 0.15) is 16.7 Å². The second kappa shape index (κ2) is 10.9. The molecule has 0 radical (unpaired) electrons. The Balaban J connectivity index is 1.66. The zero-order valence-corrected chi connectivity index (χ0v) is 18.8. The molecule has 2 amide bonds. The maximum absolute atomic E-state index is 12.8. The van der Waals surface area contributed by atoms with E-state index < -0.39 is 5.25 Å². The van der Waals surface area contributed by atoms with Crippen LogP contribution in [0.15, 0.2) is 53.5 Å². The molecule has 0 unspecified atom stereocenters. The molecule has 164 valence electrons. The molecular weight excluding hydrogens is 414 g/mol. The van der Waals surface area contributed by atoms with Gasteiger partial charge in [-0.2, -0.15) is 0 Å². The van der Waals surface area contributed by atoms with Gasteiger partial charge in [0.25, 0.3) is 0 Å². The lowest BCUT2D eigenvalue weighted by Gasteiger charge is -2.13. The summed E-state index contributed by atoms with van der Waals surface area (Å²) in [5, 5.41) is 2.95. The quantitative estimate of drug-likeness (QED) is 0.621. The van der Waals surface area contributed by atoms with Gasteiger partial charge in [-0.3, -0.25) is 14.5 Å². The Kier molecular flexibility index (Phi) is 7.94. The fourth-order valence-corrected chi connectivity index (χ4v) is 4.34. The monoisotopic (exact) mass is 441 g/mol. The van der Waals surface area contributed by atoms with E-state index in [1.54, 1.807) is 17.0 Å². The number of amides is 2. The molecule has 3 rings (SSSR count). The van der Waals surface area contributed by atoms with E-state index in [1.165, 1.54) is 11.8 Å². The van der Waals surface area contributed by atoms with Crippen LogP contribution in [-0.4, -0.2) is 46.9 Å². The Labute approximate surface area is 186 Å². The van der Waals surface area contributed by atoms with Crippen molar-refractivity contribution in [2.24, 2.45) is 4.99 Å². The number of aliphatic imine (C=N–C) groups is 1. The summed E-state index contributed by atoms with van der Waals surface area (Å²) in [5.41, 5.74) is 1.37. The summed E-state index contributed by atoms with van der Waals surface area (Å²) in [5.74, 6) is 1.14. The number of ether oxygens (including phenoxy) is 2. The minimum atomic E-state index is -0.503. The molecule has 0 saturated carbocycles. The molecule has 2 aromatic rings. The van der Waals surface area contributed by atoms with Crippen molar-refractivity contribution >= 4 is 40.1 Å². The topological polar surface area (TPSA) is 80.2 Å². The van der Waals surface area contributed by atoms with Gasteiger partial charge < -0.3 is 14.8 Å². The molecule has 1 fully saturated rings. The summed E-state index contributed by atoms with van der Waals surface area (Å²) in [4.78, 5) is 31.6. The maximum Gasteiger partial charge on any atom is 0.242 e. The Hall–Kier alpha value is -3.00. The van der Waals surface area contributed by atoms with Crippen molar-refractivity contribution in [3.8, 4) is 11.5 Å². The van der Waals surface area contributed by atoms with Gasteiger partial charge in [0.2, 0.25) is 11.8 Å². The Morgan fingerprint density at radius 3 is 2.45 bits per heavy atom. The summed E-state index contributed by atoms with van der Waals surface area (Å²) >= 11 is 1.32. The second-order valence-corrected chi connectivity index (χ2v) is 7.89. The first-order valence-electron chi connectivity index (χ1n) is 10.4. The fourth-order valence-electron chi connectivity index (χ4n) is 3.12. The lowest BCUT2D eigenvalue weighted by atomic mass is 10.2. The highest BCUT2D eigenvalue weighted by Gasteiger charge is 2.38. The van der Waals surface area contributed by atoms with Gasteiger partial charge in [-0.1, -0.05) is 17.8 Å². The molecule has 8 heteroatoms. The van der Waals surface area contributed by atoms with Crippen molar-refractivity contribution in [3.63, 3.8) is 0 Å². The minimum absolute atomic E-state index is 0.0706. The van der Waals surface area contributed by atoms with Crippen molar-refractivity contribution in [1.29, 1.82) is 0 Å². The van der Waals surface area contributed by atoms with Crippen LogP contribution >= 0.6 is 11.8 Å². The Morgan fingerprint density at radius 2 is 1.77 bits per heavy atom. The highest BCUT2D eigenvalue weighted by atomic mass is 32.2.